The van der Waals surface area contributed by atoms with E-state index >= 15 is 0 Å². The summed E-state index contributed by atoms with van der Waals surface area (Å²) in [5.74, 6) is 0.740. The smallest absolute Gasteiger partial charge is 0.407 e. The highest BCUT2D eigenvalue weighted by molar-refractivity contribution is 5.76. The molecule has 144 valence electrons. The van der Waals surface area contributed by atoms with Gasteiger partial charge in [-0.25, -0.2) is 4.79 Å². The van der Waals surface area contributed by atoms with Gasteiger partial charge < -0.3 is 19.7 Å². The molecule has 0 aromatic heterocycles. The van der Waals surface area contributed by atoms with Crippen LogP contribution in [0.4, 0.5) is 4.79 Å². The van der Waals surface area contributed by atoms with Gasteiger partial charge in [0.15, 0.2) is 0 Å². The molecule has 2 heterocycles. The SMILES string of the molecule is CCCC(=O)N1CCC(C2CC(NC(=O)OC(C)(C)C)CCO2)CC1. The monoisotopic (exact) mass is 354 g/mol. The minimum atomic E-state index is -0.480. The van der Waals surface area contributed by atoms with E-state index in [1.54, 1.807) is 0 Å². The molecule has 0 aliphatic carbocycles. The molecule has 6 heteroatoms. The summed E-state index contributed by atoms with van der Waals surface area (Å²) in [5.41, 5.74) is -0.480. The van der Waals surface area contributed by atoms with Crippen LogP contribution in [-0.4, -0.2) is 54.3 Å². The Labute approximate surface area is 151 Å². The first-order valence-corrected chi connectivity index (χ1v) is 9.67. The maximum Gasteiger partial charge on any atom is 0.407 e. The molecule has 0 radical (unpaired) electrons. The molecule has 2 aliphatic rings. The molecule has 2 atom stereocenters. The second-order valence-electron chi connectivity index (χ2n) is 8.24. The fourth-order valence-corrected chi connectivity index (χ4v) is 3.65. The fraction of sp³-hybridized carbons (Fsp3) is 0.895. The summed E-state index contributed by atoms with van der Waals surface area (Å²) in [6, 6.07) is 0.105. The number of hydrogen-bond acceptors (Lipinski definition) is 4. The molecule has 0 saturated carbocycles. The van der Waals surface area contributed by atoms with Crippen LogP contribution < -0.4 is 5.32 Å². The molecule has 0 aromatic rings. The standard InChI is InChI=1S/C19H34N2O4/c1-5-6-17(22)21-10-7-14(8-11-21)16-13-15(9-12-24-16)20-18(23)25-19(2,3)4/h14-16H,5-13H2,1-4H3,(H,20,23). The number of likely N-dealkylation sites (tertiary alicyclic amines) is 1. The van der Waals surface area contributed by atoms with Gasteiger partial charge in [-0.1, -0.05) is 6.92 Å². The van der Waals surface area contributed by atoms with Crippen LogP contribution in [-0.2, 0) is 14.3 Å². The van der Waals surface area contributed by atoms with Crippen molar-refractivity contribution in [3.8, 4) is 0 Å². The van der Waals surface area contributed by atoms with Crippen LogP contribution in [0.2, 0.25) is 0 Å². The molecular weight excluding hydrogens is 320 g/mol. The van der Waals surface area contributed by atoms with Gasteiger partial charge in [0, 0.05) is 32.2 Å². The van der Waals surface area contributed by atoms with Gasteiger partial charge in [-0.15, -0.1) is 0 Å². The third-order valence-corrected chi connectivity index (χ3v) is 4.92. The first-order valence-electron chi connectivity index (χ1n) is 9.67. The molecule has 0 spiro atoms. The lowest BCUT2D eigenvalue weighted by molar-refractivity contribution is -0.134. The van der Waals surface area contributed by atoms with E-state index in [0.29, 0.717) is 18.9 Å². The van der Waals surface area contributed by atoms with Gasteiger partial charge in [-0.3, -0.25) is 4.79 Å². The van der Waals surface area contributed by atoms with E-state index in [4.69, 9.17) is 9.47 Å². The topological polar surface area (TPSA) is 67.9 Å². The van der Waals surface area contributed by atoms with Gasteiger partial charge in [0.1, 0.15) is 5.60 Å². The number of nitrogens with zero attached hydrogens (tertiary/aromatic N) is 1. The lowest BCUT2D eigenvalue weighted by atomic mass is 9.86. The summed E-state index contributed by atoms with van der Waals surface area (Å²) >= 11 is 0. The van der Waals surface area contributed by atoms with Crippen molar-refractivity contribution >= 4 is 12.0 Å². The highest BCUT2D eigenvalue weighted by Gasteiger charge is 2.33. The van der Waals surface area contributed by atoms with E-state index in [9.17, 15) is 9.59 Å². The van der Waals surface area contributed by atoms with Crippen molar-refractivity contribution < 1.29 is 19.1 Å². The van der Waals surface area contributed by atoms with Gasteiger partial charge in [0.25, 0.3) is 0 Å². The predicted octanol–water partition coefficient (Wildman–Crippen LogP) is 3.10. The van der Waals surface area contributed by atoms with Crippen molar-refractivity contribution in [2.75, 3.05) is 19.7 Å². The van der Waals surface area contributed by atoms with E-state index in [2.05, 4.69) is 5.32 Å². The number of amides is 2. The van der Waals surface area contributed by atoms with Crippen molar-refractivity contribution in [2.24, 2.45) is 5.92 Å². The van der Waals surface area contributed by atoms with Crippen molar-refractivity contribution in [1.29, 1.82) is 0 Å². The molecule has 2 amide bonds. The average Bonchev–Trinajstić information content (AvgIpc) is 2.53. The van der Waals surface area contributed by atoms with Crippen molar-refractivity contribution in [2.45, 2.75) is 84.0 Å². The molecule has 0 aromatic carbocycles. The van der Waals surface area contributed by atoms with Crippen molar-refractivity contribution in [3.05, 3.63) is 0 Å². The zero-order chi connectivity index (χ0) is 18.4. The van der Waals surface area contributed by atoms with Gasteiger partial charge in [0.05, 0.1) is 6.10 Å². The summed E-state index contributed by atoms with van der Waals surface area (Å²) in [6.45, 7) is 9.96. The number of carbonyl (C=O) groups excluding carboxylic acids is 2. The molecule has 2 unspecified atom stereocenters. The summed E-state index contributed by atoms with van der Waals surface area (Å²) in [6.07, 6.45) is 4.99. The minimum Gasteiger partial charge on any atom is -0.444 e. The van der Waals surface area contributed by atoms with E-state index in [1.807, 2.05) is 32.6 Å². The lowest BCUT2D eigenvalue weighted by Crippen LogP contribution is -2.48. The molecule has 1 N–H and O–H groups in total. The first kappa shape index (κ1) is 20.0. The summed E-state index contributed by atoms with van der Waals surface area (Å²) in [5, 5.41) is 2.98. The van der Waals surface area contributed by atoms with Crippen LogP contribution in [0.25, 0.3) is 0 Å². The molecule has 2 rings (SSSR count). The van der Waals surface area contributed by atoms with Crippen LogP contribution >= 0.6 is 0 Å². The summed E-state index contributed by atoms with van der Waals surface area (Å²) in [4.78, 5) is 26.0. The number of carbonyl (C=O) groups is 2. The summed E-state index contributed by atoms with van der Waals surface area (Å²) < 4.78 is 11.3. The Kier molecular flexibility index (Phi) is 7.11. The Morgan fingerprint density at radius 2 is 1.88 bits per heavy atom. The Hall–Kier alpha value is -1.30. The largest absolute Gasteiger partial charge is 0.444 e. The van der Waals surface area contributed by atoms with Gasteiger partial charge >= 0.3 is 6.09 Å². The number of alkyl carbamates (subject to hydrolysis) is 1. The third-order valence-electron chi connectivity index (χ3n) is 4.92. The predicted molar refractivity (Wildman–Crippen MR) is 96.3 cm³/mol. The van der Waals surface area contributed by atoms with Gasteiger partial charge in [-0.05, 0) is 58.8 Å². The molecule has 2 aliphatic heterocycles. The number of nitrogens with one attached hydrogen (secondary N) is 1. The normalized spacial score (nSPS) is 25.5. The Morgan fingerprint density at radius 1 is 1.20 bits per heavy atom. The maximum atomic E-state index is 12.0. The van der Waals surface area contributed by atoms with Crippen LogP contribution in [0.3, 0.4) is 0 Å². The van der Waals surface area contributed by atoms with E-state index < -0.39 is 5.60 Å². The van der Waals surface area contributed by atoms with Crippen LogP contribution in [0.5, 0.6) is 0 Å². The third kappa shape index (κ3) is 6.49. The lowest BCUT2D eigenvalue weighted by Gasteiger charge is -2.39. The maximum absolute atomic E-state index is 12.0. The average molecular weight is 354 g/mol. The molecule has 0 bridgehead atoms. The van der Waals surface area contributed by atoms with Crippen molar-refractivity contribution in [3.63, 3.8) is 0 Å². The Bertz CT molecular complexity index is 453. The zero-order valence-corrected chi connectivity index (χ0v) is 16.2. The van der Waals surface area contributed by atoms with E-state index in [0.717, 1.165) is 45.2 Å². The number of piperidine rings is 1. The van der Waals surface area contributed by atoms with Gasteiger partial charge in [-0.2, -0.15) is 0 Å². The highest BCUT2D eigenvalue weighted by Crippen LogP contribution is 2.29. The van der Waals surface area contributed by atoms with Crippen LogP contribution in [0, 0.1) is 5.92 Å². The molecule has 25 heavy (non-hydrogen) atoms. The molecule has 2 saturated heterocycles. The second kappa shape index (κ2) is 8.88. The Morgan fingerprint density at radius 3 is 2.48 bits per heavy atom. The quantitative estimate of drug-likeness (QED) is 0.842. The first-order chi connectivity index (χ1) is 11.8. The number of rotatable bonds is 4. The number of ether oxygens (including phenoxy) is 2. The highest BCUT2D eigenvalue weighted by atomic mass is 16.6. The van der Waals surface area contributed by atoms with E-state index in [1.165, 1.54) is 0 Å². The fourth-order valence-electron chi connectivity index (χ4n) is 3.65. The Balaban J connectivity index is 1.78. The van der Waals surface area contributed by atoms with Crippen molar-refractivity contribution in [1.82, 2.24) is 10.2 Å². The minimum absolute atomic E-state index is 0.105. The van der Waals surface area contributed by atoms with Crippen LogP contribution in [0.1, 0.15) is 66.2 Å². The molecule has 2 fully saturated rings. The number of hydrogen-bond donors (Lipinski definition) is 1. The summed E-state index contributed by atoms with van der Waals surface area (Å²) in [7, 11) is 0. The molecular formula is C19H34N2O4. The van der Waals surface area contributed by atoms with Gasteiger partial charge in [0.2, 0.25) is 5.91 Å². The second-order valence-corrected chi connectivity index (χ2v) is 8.24. The molecule has 6 nitrogen and oxygen atoms in total. The zero-order valence-electron chi connectivity index (χ0n) is 16.2. The van der Waals surface area contributed by atoms with Crippen LogP contribution in [0.15, 0.2) is 0 Å². The van der Waals surface area contributed by atoms with E-state index in [-0.39, 0.29) is 24.1 Å².